The van der Waals surface area contributed by atoms with Crippen LogP contribution in [0.3, 0.4) is 0 Å². The van der Waals surface area contributed by atoms with Crippen molar-refractivity contribution in [2.75, 3.05) is 6.54 Å². The molecule has 2 heterocycles. The SMILES string of the molecule is Cc1csc(CN2C(=O)CNC(=O)C2C(C)(C)C)n1. The highest BCUT2D eigenvalue weighted by molar-refractivity contribution is 7.09. The van der Waals surface area contributed by atoms with Crippen LogP contribution < -0.4 is 5.32 Å². The van der Waals surface area contributed by atoms with Crippen molar-refractivity contribution in [3.63, 3.8) is 0 Å². The number of nitrogens with zero attached hydrogens (tertiary/aromatic N) is 2. The highest BCUT2D eigenvalue weighted by Gasteiger charge is 2.42. The monoisotopic (exact) mass is 281 g/mol. The minimum Gasteiger partial charge on any atom is -0.345 e. The second-order valence-corrected chi connectivity index (χ2v) is 6.83. The third-order valence-corrected chi connectivity index (χ3v) is 4.04. The van der Waals surface area contributed by atoms with E-state index in [1.54, 1.807) is 4.90 Å². The predicted octanol–water partition coefficient (Wildman–Crippen LogP) is 1.32. The topological polar surface area (TPSA) is 62.3 Å². The smallest absolute Gasteiger partial charge is 0.243 e. The van der Waals surface area contributed by atoms with E-state index in [0.29, 0.717) is 6.54 Å². The fourth-order valence-electron chi connectivity index (χ4n) is 2.31. The van der Waals surface area contributed by atoms with Gasteiger partial charge in [0.2, 0.25) is 11.8 Å². The summed E-state index contributed by atoms with van der Waals surface area (Å²) in [6.07, 6.45) is 0. The van der Waals surface area contributed by atoms with Crippen LogP contribution in [0.4, 0.5) is 0 Å². The molecule has 2 amide bonds. The average Bonchev–Trinajstić information content (AvgIpc) is 2.68. The lowest BCUT2D eigenvalue weighted by molar-refractivity contribution is -0.150. The van der Waals surface area contributed by atoms with Crippen molar-refractivity contribution in [1.82, 2.24) is 15.2 Å². The summed E-state index contributed by atoms with van der Waals surface area (Å²) in [5, 5.41) is 5.49. The van der Waals surface area contributed by atoms with Gasteiger partial charge in [0.25, 0.3) is 0 Å². The first-order chi connectivity index (χ1) is 8.79. The molecule has 1 aliphatic rings. The Balaban J connectivity index is 2.27. The van der Waals surface area contributed by atoms with E-state index in [4.69, 9.17) is 0 Å². The summed E-state index contributed by atoms with van der Waals surface area (Å²) in [5.41, 5.74) is 0.646. The molecule has 1 aromatic heterocycles. The lowest BCUT2D eigenvalue weighted by Gasteiger charge is -2.41. The second kappa shape index (κ2) is 4.92. The molecular weight excluding hydrogens is 262 g/mol. The number of thiazole rings is 1. The van der Waals surface area contributed by atoms with Gasteiger partial charge >= 0.3 is 0 Å². The van der Waals surface area contributed by atoms with E-state index in [0.717, 1.165) is 10.7 Å². The summed E-state index contributed by atoms with van der Waals surface area (Å²) in [7, 11) is 0. The molecule has 1 fully saturated rings. The minimum absolute atomic E-state index is 0.0487. The van der Waals surface area contributed by atoms with Crippen LogP contribution in [0.2, 0.25) is 0 Å². The maximum absolute atomic E-state index is 12.1. The van der Waals surface area contributed by atoms with Crippen LogP contribution in [0.1, 0.15) is 31.5 Å². The lowest BCUT2D eigenvalue weighted by Crippen LogP contribution is -2.62. The summed E-state index contributed by atoms with van der Waals surface area (Å²) in [4.78, 5) is 30.2. The van der Waals surface area contributed by atoms with Crippen molar-refractivity contribution < 1.29 is 9.59 Å². The van der Waals surface area contributed by atoms with Crippen LogP contribution in [-0.2, 0) is 16.1 Å². The molecule has 104 valence electrons. The molecule has 1 aliphatic heterocycles. The first-order valence-electron chi connectivity index (χ1n) is 6.27. The number of carbonyl (C=O) groups excluding carboxylic acids is 2. The standard InChI is InChI=1S/C13H19N3O2S/c1-8-7-19-9(15-8)6-16-10(17)5-14-12(18)11(16)13(2,3)4/h7,11H,5-6H2,1-4H3,(H,14,18). The van der Waals surface area contributed by atoms with Crippen LogP contribution in [0, 0.1) is 12.3 Å². The van der Waals surface area contributed by atoms with E-state index in [1.807, 2.05) is 33.1 Å². The molecule has 0 aliphatic carbocycles. The predicted molar refractivity (Wildman–Crippen MR) is 73.7 cm³/mol. The van der Waals surface area contributed by atoms with Gasteiger partial charge in [-0.05, 0) is 12.3 Å². The van der Waals surface area contributed by atoms with E-state index in [1.165, 1.54) is 11.3 Å². The van der Waals surface area contributed by atoms with Gasteiger partial charge < -0.3 is 10.2 Å². The van der Waals surface area contributed by atoms with Gasteiger partial charge in [-0.15, -0.1) is 11.3 Å². The van der Waals surface area contributed by atoms with Crippen LogP contribution in [0.15, 0.2) is 5.38 Å². The number of hydrogen-bond donors (Lipinski definition) is 1. The van der Waals surface area contributed by atoms with Crippen LogP contribution in [0.5, 0.6) is 0 Å². The number of aromatic nitrogens is 1. The highest BCUT2D eigenvalue weighted by Crippen LogP contribution is 2.28. The molecule has 5 nitrogen and oxygen atoms in total. The second-order valence-electron chi connectivity index (χ2n) is 5.89. The van der Waals surface area contributed by atoms with Gasteiger partial charge in [0.05, 0.1) is 13.1 Å². The normalized spacial score (nSPS) is 20.6. The number of carbonyl (C=O) groups is 2. The lowest BCUT2D eigenvalue weighted by atomic mass is 9.84. The van der Waals surface area contributed by atoms with Crippen LogP contribution >= 0.6 is 11.3 Å². The van der Waals surface area contributed by atoms with E-state index in [9.17, 15) is 9.59 Å². The number of rotatable bonds is 2. The Morgan fingerprint density at radius 1 is 1.47 bits per heavy atom. The zero-order valence-corrected chi connectivity index (χ0v) is 12.5. The van der Waals surface area contributed by atoms with Gasteiger partial charge in [0.15, 0.2) is 0 Å². The molecule has 1 saturated heterocycles. The number of aryl methyl sites for hydroxylation is 1. The third-order valence-electron chi connectivity index (χ3n) is 3.09. The van der Waals surface area contributed by atoms with Crippen molar-refractivity contribution in [3.05, 3.63) is 16.1 Å². The van der Waals surface area contributed by atoms with Gasteiger partial charge in [0, 0.05) is 11.1 Å². The fourth-order valence-corrected chi connectivity index (χ4v) is 3.08. The molecule has 1 N–H and O–H groups in total. The van der Waals surface area contributed by atoms with Gasteiger partial charge in [-0.25, -0.2) is 4.98 Å². The first kappa shape index (κ1) is 14.0. The molecule has 1 aromatic rings. The van der Waals surface area contributed by atoms with Crippen molar-refractivity contribution in [2.24, 2.45) is 5.41 Å². The number of amides is 2. The van der Waals surface area contributed by atoms with Gasteiger partial charge in [0.1, 0.15) is 11.0 Å². The fraction of sp³-hybridized carbons (Fsp3) is 0.615. The summed E-state index contributed by atoms with van der Waals surface area (Å²) in [6.45, 7) is 8.32. The number of hydrogen-bond acceptors (Lipinski definition) is 4. The maximum Gasteiger partial charge on any atom is 0.243 e. The van der Waals surface area contributed by atoms with Crippen LogP contribution in [-0.4, -0.2) is 34.3 Å². The Hall–Kier alpha value is -1.43. The Labute approximate surface area is 117 Å². The van der Waals surface area contributed by atoms with Crippen LogP contribution in [0.25, 0.3) is 0 Å². The van der Waals surface area contributed by atoms with Crippen molar-refractivity contribution in [3.8, 4) is 0 Å². The number of piperazine rings is 1. The molecule has 1 unspecified atom stereocenters. The largest absolute Gasteiger partial charge is 0.345 e. The molecule has 6 heteroatoms. The van der Waals surface area contributed by atoms with E-state index >= 15 is 0 Å². The maximum atomic E-state index is 12.1. The first-order valence-corrected chi connectivity index (χ1v) is 7.15. The molecule has 0 radical (unpaired) electrons. The number of nitrogens with one attached hydrogen (secondary N) is 1. The van der Waals surface area contributed by atoms with E-state index in [-0.39, 0.29) is 23.8 Å². The van der Waals surface area contributed by atoms with E-state index in [2.05, 4.69) is 10.3 Å². The van der Waals surface area contributed by atoms with Gasteiger partial charge in [-0.2, -0.15) is 0 Å². The van der Waals surface area contributed by atoms with Crippen molar-refractivity contribution in [2.45, 2.75) is 40.3 Å². The van der Waals surface area contributed by atoms with Crippen molar-refractivity contribution in [1.29, 1.82) is 0 Å². The van der Waals surface area contributed by atoms with E-state index < -0.39 is 6.04 Å². The van der Waals surface area contributed by atoms with Gasteiger partial charge in [-0.1, -0.05) is 20.8 Å². The Morgan fingerprint density at radius 3 is 2.68 bits per heavy atom. The highest BCUT2D eigenvalue weighted by atomic mass is 32.1. The van der Waals surface area contributed by atoms with Gasteiger partial charge in [-0.3, -0.25) is 9.59 Å². The quantitative estimate of drug-likeness (QED) is 0.889. The summed E-state index contributed by atoms with van der Waals surface area (Å²) in [5.74, 6) is -0.132. The average molecular weight is 281 g/mol. The minimum atomic E-state index is -0.446. The zero-order valence-electron chi connectivity index (χ0n) is 11.7. The third kappa shape index (κ3) is 2.94. The Bertz CT molecular complexity index is 504. The molecule has 2 rings (SSSR count). The molecule has 19 heavy (non-hydrogen) atoms. The van der Waals surface area contributed by atoms with Crippen molar-refractivity contribution >= 4 is 23.2 Å². The molecule has 0 aromatic carbocycles. The molecule has 0 spiro atoms. The zero-order chi connectivity index (χ0) is 14.2. The summed E-state index contributed by atoms with van der Waals surface area (Å²) >= 11 is 1.52. The Kier molecular flexibility index (Phi) is 3.62. The molecule has 0 saturated carbocycles. The molecular formula is C13H19N3O2S. The summed E-state index contributed by atoms with van der Waals surface area (Å²) < 4.78 is 0. The molecule has 0 bridgehead atoms. The molecule has 1 atom stereocenters. The summed E-state index contributed by atoms with van der Waals surface area (Å²) in [6, 6.07) is -0.446. The Morgan fingerprint density at radius 2 is 2.16 bits per heavy atom.